The maximum Gasteiger partial charge on any atom is 0.255 e. The predicted octanol–water partition coefficient (Wildman–Crippen LogP) is 3.12. The first-order valence-electron chi connectivity index (χ1n) is 8.27. The van der Waals surface area contributed by atoms with Gasteiger partial charge in [-0.15, -0.1) is 0 Å². The summed E-state index contributed by atoms with van der Waals surface area (Å²) < 4.78 is 13.2. The predicted molar refractivity (Wildman–Crippen MR) is 98.9 cm³/mol. The number of carbonyl (C=O) groups excluding carboxylic acids is 1. The van der Waals surface area contributed by atoms with Gasteiger partial charge in [-0.2, -0.15) is 0 Å². The van der Waals surface area contributed by atoms with Gasteiger partial charge < -0.3 is 15.3 Å². The number of fused-ring (bicyclic) bond motifs is 2. The highest BCUT2D eigenvalue weighted by Gasteiger charge is 2.12. The maximum absolute atomic E-state index is 13.2. The van der Waals surface area contributed by atoms with Crippen molar-refractivity contribution in [3.05, 3.63) is 82.2 Å². The average molecular weight is 349 g/mol. The van der Waals surface area contributed by atoms with Crippen LogP contribution in [0.4, 0.5) is 4.39 Å². The standard InChI is InChI=1S/C20H16FN3O2/c21-13-5-6-14-12(10-23-18(14)9-13)7-8-22-20(26)17-11-24-19(25)16-4-2-1-3-15(16)17/h1-6,9-11,23H,7-8H2,(H,22,26)(H,24,25). The van der Waals surface area contributed by atoms with E-state index in [1.807, 2.05) is 6.20 Å². The summed E-state index contributed by atoms with van der Waals surface area (Å²) in [4.78, 5) is 30.0. The Labute approximate surface area is 147 Å². The van der Waals surface area contributed by atoms with Gasteiger partial charge in [0.1, 0.15) is 5.82 Å². The first-order chi connectivity index (χ1) is 12.6. The summed E-state index contributed by atoms with van der Waals surface area (Å²) >= 11 is 0. The van der Waals surface area contributed by atoms with Crippen LogP contribution in [0, 0.1) is 5.82 Å². The molecule has 0 atom stereocenters. The molecule has 0 aliphatic rings. The van der Waals surface area contributed by atoms with Gasteiger partial charge in [-0.05, 0) is 36.2 Å². The largest absolute Gasteiger partial charge is 0.361 e. The molecule has 26 heavy (non-hydrogen) atoms. The van der Waals surface area contributed by atoms with Crippen molar-refractivity contribution in [3.63, 3.8) is 0 Å². The van der Waals surface area contributed by atoms with Crippen molar-refractivity contribution in [2.45, 2.75) is 6.42 Å². The van der Waals surface area contributed by atoms with Crippen LogP contribution in [-0.2, 0) is 6.42 Å². The first kappa shape index (κ1) is 16.1. The van der Waals surface area contributed by atoms with E-state index in [4.69, 9.17) is 0 Å². The number of amides is 1. The molecule has 0 saturated carbocycles. The summed E-state index contributed by atoms with van der Waals surface area (Å²) in [5.74, 6) is -0.535. The third-order valence-corrected chi connectivity index (χ3v) is 4.46. The molecule has 0 bridgehead atoms. The molecule has 1 amide bonds. The number of hydrogen-bond donors (Lipinski definition) is 3. The monoisotopic (exact) mass is 349 g/mol. The van der Waals surface area contributed by atoms with Gasteiger partial charge in [0.05, 0.1) is 5.56 Å². The molecule has 4 aromatic rings. The fourth-order valence-electron chi connectivity index (χ4n) is 3.17. The van der Waals surface area contributed by atoms with E-state index < -0.39 is 0 Å². The van der Waals surface area contributed by atoms with E-state index in [1.54, 1.807) is 30.3 Å². The maximum atomic E-state index is 13.2. The van der Waals surface area contributed by atoms with Crippen molar-refractivity contribution in [2.75, 3.05) is 6.54 Å². The summed E-state index contributed by atoms with van der Waals surface area (Å²) in [5, 5.41) is 4.92. The Morgan fingerprint density at radius 2 is 1.81 bits per heavy atom. The van der Waals surface area contributed by atoms with Crippen molar-refractivity contribution >= 4 is 27.6 Å². The van der Waals surface area contributed by atoms with E-state index >= 15 is 0 Å². The highest BCUT2D eigenvalue weighted by Crippen LogP contribution is 2.19. The van der Waals surface area contributed by atoms with Crippen LogP contribution in [0.25, 0.3) is 21.7 Å². The molecule has 0 spiro atoms. The molecular formula is C20H16FN3O2. The van der Waals surface area contributed by atoms with Crippen molar-refractivity contribution in [2.24, 2.45) is 0 Å². The summed E-state index contributed by atoms with van der Waals surface area (Å²) in [6, 6.07) is 11.6. The van der Waals surface area contributed by atoms with Gasteiger partial charge in [0.25, 0.3) is 11.5 Å². The molecule has 2 heterocycles. The topological polar surface area (TPSA) is 77.8 Å². The molecule has 4 rings (SSSR count). The number of benzene rings is 2. The summed E-state index contributed by atoms with van der Waals surface area (Å²) in [6.07, 6.45) is 3.87. The van der Waals surface area contributed by atoms with Crippen LogP contribution in [0.2, 0.25) is 0 Å². The Hall–Kier alpha value is -3.41. The van der Waals surface area contributed by atoms with E-state index in [0.29, 0.717) is 29.3 Å². The molecule has 0 fully saturated rings. The van der Waals surface area contributed by atoms with Gasteiger partial charge in [-0.25, -0.2) is 4.39 Å². The van der Waals surface area contributed by atoms with Crippen molar-refractivity contribution in [3.8, 4) is 0 Å². The second-order valence-electron chi connectivity index (χ2n) is 6.09. The van der Waals surface area contributed by atoms with E-state index in [1.165, 1.54) is 18.3 Å². The van der Waals surface area contributed by atoms with E-state index in [0.717, 1.165) is 16.5 Å². The van der Waals surface area contributed by atoms with Crippen LogP contribution < -0.4 is 10.9 Å². The smallest absolute Gasteiger partial charge is 0.255 e. The number of hydrogen-bond acceptors (Lipinski definition) is 2. The number of halogens is 1. The molecule has 0 aliphatic carbocycles. The minimum atomic E-state index is -0.288. The van der Waals surface area contributed by atoms with Gasteiger partial charge in [0.15, 0.2) is 0 Å². The Balaban J connectivity index is 1.51. The van der Waals surface area contributed by atoms with Crippen LogP contribution in [0.1, 0.15) is 15.9 Å². The molecule has 130 valence electrons. The lowest BCUT2D eigenvalue weighted by molar-refractivity contribution is 0.0955. The lowest BCUT2D eigenvalue weighted by Gasteiger charge is -2.07. The van der Waals surface area contributed by atoms with Crippen LogP contribution >= 0.6 is 0 Å². The van der Waals surface area contributed by atoms with Crippen LogP contribution in [0.3, 0.4) is 0 Å². The quantitative estimate of drug-likeness (QED) is 0.529. The number of aromatic amines is 2. The molecular weight excluding hydrogens is 333 g/mol. The number of aromatic nitrogens is 2. The minimum absolute atomic E-state index is 0.219. The molecule has 2 aromatic carbocycles. The molecule has 0 aliphatic heterocycles. The zero-order valence-electron chi connectivity index (χ0n) is 13.8. The van der Waals surface area contributed by atoms with E-state index in [2.05, 4.69) is 15.3 Å². The minimum Gasteiger partial charge on any atom is -0.361 e. The molecule has 0 unspecified atom stereocenters. The number of rotatable bonds is 4. The Morgan fingerprint density at radius 1 is 1.00 bits per heavy atom. The third kappa shape index (κ3) is 2.86. The number of pyridine rings is 1. The lowest BCUT2D eigenvalue weighted by Crippen LogP contribution is -2.26. The second kappa shape index (κ2) is 6.48. The Bertz CT molecular complexity index is 1180. The summed E-state index contributed by atoms with van der Waals surface area (Å²) in [7, 11) is 0. The molecule has 0 saturated heterocycles. The highest BCUT2D eigenvalue weighted by atomic mass is 19.1. The molecule has 2 aromatic heterocycles. The van der Waals surface area contributed by atoms with Gasteiger partial charge >= 0.3 is 0 Å². The average Bonchev–Trinajstić information content (AvgIpc) is 3.04. The zero-order chi connectivity index (χ0) is 18.1. The van der Waals surface area contributed by atoms with Gasteiger partial charge in [0.2, 0.25) is 0 Å². The first-order valence-corrected chi connectivity index (χ1v) is 8.27. The van der Waals surface area contributed by atoms with Crippen LogP contribution in [0.5, 0.6) is 0 Å². The van der Waals surface area contributed by atoms with Gasteiger partial charge in [0, 0.05) is 40.6 Å². The van der Waals surface area contributed by atoms with E-state index in [9.17, 15) is 14.0 Å². The number of carbonyl (C=O) groups is 1. The second-order valence-corrected chi connectivity index (χ2v) is 6.09. The number of H-pyrrole nitrogens is 2. The highest BCUT2D eigenvalue weighted by molar-refractivity contribution is 6.06. The lowest BCUT2D eigenvalue weighted by atomic mass is 10.1. The van der Waals surface area contributed by atoms with Gasteiger partial charge in [-0.1, -0.05) is 18.2 Å². The van der Waals surface area contributed by atoms with Crippen molar-refractivity contribution < 1.29 is 9.18 Å². The molecule has 5 nitrogen and oxygen atoms in total. The van der Waals surface area contributed by atoms with Gasteiger partial charge in [-0.3, -0.25) is 9.59 Å². The van der Waals surface area contributed by atoms with Crippen molar-refractivity contribution in [1.82, 2.24) is 15.3 Å². The Kier molecular flexibility index (Phi) is 4.01. The van der Waals surface area contributed by atoms with Crippen LogP contribution in [0.15, 0.2) is 59.7 Å². The molecule has 6 heteroatoms. The fraction of sp³-hybridized carbons (Fsp3) is 0.100. The number of nitrogens with one attached hydrogen (secondary N) is 3. The van der Waals surface area contributed by atoms with Crippen LogP contribution in [-0.4, -0.2) is 22.4 Å². The zero-order valence-corrected chi connectivity index (χ0v) is 13.8. The summed E-state index contributed by atoms with van der Waals surface area (Å²) in [6.45, 7) is 0.427. The fourth-order valence-corrected chi connectivity index (χ4v) is 3.17. The Morgan fingerprint density at radius 3 is 2.65 bits per heavy atom. The third-order valence-electron chi connectivity index (χ3n) is 4.46. The van der Waals surface area contributed by atoms with Crippen molar-refractivity contribution in [1.29, 1.82) is 0 Å². The normalized spacial score (nSPS) is 11.1. The SMILES string of the molecule is O=C(NCCc1c[nH]c2cc(F)ccc12)c1c[nH]c(=O)c2ccccc12. The summed E-state index contributed by atoms with van der Waals surface area (Å²) in [5.41, 5.74) is 1.95. The molecule has 3 N–H and O–H groups in total. The van der Waals surface area contributed by atoms with E-state index in [-0.39, 0.29) is 17.3 Å². The molecule has 0 radical (unpaired) electrons.